The van der Waals surface area contributed by atoms with E-state index in [1.807, 2.05) is 0 Å². The third-order valence-corrected chi connectivity index (χ3v) is 47.5. The molecule has 4 aromatic rings. The fraction of sp³-hybridized carbons (Fsp3) is 0.642. The van der Waals surface area contributed by atoms with E-state index < -0.39 is 48.4 Å². The van der Waals surface area contributed by atoms with Gasteiger partial charge in [0.1, 0.15) is 0 Å². The number of hydrogen-bond donors (Lipinski definition) is 0. The molecule has 0 spiro atoms. The number of rotatable bonds is 35. The molecule has 0 N–H and O–H groups in total. The molecule has 0 aromatic heterocycles. The third kappa shape index (κ3) is 15.7. The predicted octanol–water partition coefficient (Wildman–Crippen LogP) is 18.7. The molecular formula is C67H113NP2Si4. The van der Waals surface area contributed by atoms with Gasteiger partial charge in [0, 0.05) is 22.2 Å². The van der Waals surface area contributed by atoms with Crippen LogP contribution in [0.2, 0.25) is 72.5 Å². The maximum atomic E-state index is 3.35. The average molecular weight is 1110 g/mol. The smallest absolute Gasteiger partial charge is 0.0867 e. The largest absolute Gasteiger partial charge is 0.242 e. The van der Waals surface area contributed by atoms with Gasteiger partial charge in [-0.15, -0.1) is 0 Å². The van der Waals surface area contributed by atoms with Crippen molar-refractivity contribution < 1.29 is 0 Å². The molecule has 0 radical (unpaired) electrons. The Morgan fingerprint density at radius 3 is 0.838 bits per heavy atom. The summed E-state index contributed by atoms with van der Waals surface area (Å²) in [6.07, 6.45) is 23.7. The second-order valence-corrected chi connectivity index (χ2v) is 46.9. The SMILES string of the molecule is CCC[Si](CCC)(CCC)c1ccc(P(c2ccc([Si](CCC)(CCC)CCC)cc2)N(C2CCCCCC2)P(c2cccc([Si](CCC)(CCC)CCC)c2)c2cccc([Si](CCC)(CCC)CCC)c2)cc1. The second-order valence-electron chi connectivity index (χ2n) is 23.9. The molecule has 0 amide bonds. The van der Waals surface area contributed by atoms with E-state index in [2.05, 4.69) is 185 Å². The maximum absolute atomic E-state index is 3.35. The van der Waals surface area contributed by atoms with Crippen molar-refractivity contribution in [2.45, 2.75) is 277 Å². The highest BCUT2D eigenvalue weighted by Gasteiger charge is 2.42. The van der Waals surface area contributed by atoms with E-state index in [0.717, 1.165) is 0 Å². The standard InChI is InChI=1S/C67H113NP2Si4/c1-13-45-71(46-14-2,47-15-3)64-41-37-60(38-42-64)69(61-39-43-65(44-40-61)72(48-16-4,49-17-5)50-18-6)68(59-31-27-25-26-28-32-59)70(62-33-29-35-66(57-62)73(51-19-7,52-20-8)53-21-9)63-34-30-36-67(58-63)74(54-22-10,55-23-11)56-24-12/h29-30,33-44,57-59H,13-28,31-32,45-56H2,1-12H3. The Morgan fingerprint density at radius 2 is 0.568 bits per heavy atom. The summed E-state index contributed by atoms with van der Waals surface area (Å²) in [6, 6.07) is 60.9. The van der Waals surface area contributed by atoms with Gasteiger partial charge in [0.05, 0.1) is 32.3 Å². The van der Waals surface area contributed by atoms with Crippen molar-refractivity contribution in [3.8, 4) is 0 Å². The molecular weight excluding hydrogens is 993 g/mol. The van der Waals surface area contributed by atoms with Crippen molar-refractivity contribution in [3.63, 3.8) is 0 Å². The minimum absolute atomic E-state index is 0.539. The number of hydrogen-bond acceptors (Lipinski definition) is 1. The van der Waals surface area contributed by atoms with Crippen LogP contribution in [0.15, 0.2) is 97.1 Å². The lowest BCUT2D eigenvalue weighted by atomic mass is 10.1. The first kappa shape index (κ1) is 63.4. The molecule has 7 heteroatoms. The summed E-state index contributed by atoms with van der Waals surface area (Å²) in [5.74, 6) is 0. The first-order chi connectivity index (χ1) is 36.1. The van der Waals surface area contributed by atoms with E-state index in [1.165, 1.54) is 188 Å². The molecule has 412 valence electrons. The summed E-state index contributed by atoms with van der Waals surface area (Å²) in [6.45, 7) is 29.6. The van der Waals surface area contributed by atoms with Gasteiger partial charge in [-0.05, 0) is 34.1 Å². The fourth-order valence-corrected chi connectivity index (χ4v) is 43.7. The van der Waals surface area contributed by atoms with Crippen LogP contribution in [0.4, 0.5) is 0 Å². The van der Waals surface area contributed by atoms with Crippen LogP contribution in [0.25, 0.3) is 0 Å². The zero-order valence-electron chi connectivity index (χ0n) is 50.4. The van der Waals surface area contributed by atoms with Gasteiger partial charge in [-0.1, -0.05) is 376 Å². The summed E-state index contributed by atoms with van der Waals surface area (Å²) in [5, 5.41) is 13.5. The molecule has 1 aliphatic rings. The van der Waals surface area contributed by atoms with Crippen LogP contribution in [0, 0.1) is 0 Å². The molecule has 0 heterocycles. The Balaban J connectivity index is 1.95. The van der Waals surface area contributed by atoms with E-state index in [0.29, 0.717) is 6.04 Å². The molecule has 1 aliphatic carbocycles. The van der Waals surface area contributed by atoms with Crippen LogP contribution in [0.3, 0.4) is 0 Å². The lowest BCUT2D eigenvalue weighted by Crippen LogP contribution is -2.49. The zero-order chi connectivity index (χ0) is 53.5. The normalized spacial score (nSPS) is 14.4. The van der Waals surface area contributed by atoms with Gasteiger partial charge in [-0.3, -0.25) is 0 Å². The average Bonchev–Trinajstić information content (AvgIpc) is 3.69. The van der Waals surface area contributed by atoms with Crippen molar-refractivity contribution in [2.24, 2.45) is 0 Å². The summed E-state index contributed by atoms with van der Waals surface area (Å²) in [7, 11) is -8.51. The lowest BCUT2D eigenvalue weighted by Gasteiger charge is -2.45. The monoisotopic (exact) mass is 1110 g/mol. The lowest BCUT2D eigenvalue weighted by molar-refractivity contribution is 0.441. The Labute approximate surface area is 466 Å². The van der Waals surface area contributed by atoms with Gasteiger partial charge < -0.3 is 0 Å². The molecule has 1 fully saturated rings. The molecule has 0 unspecified atom stereocenters. The van der Waals surface area contributed by atoms with Gasteiger partial charge in [-0.2, -0.15) is 0 Å². The van der Waals surface area contributed by atoms with Crippen LogP contribution in [-0.2, 0) is 0 Å². The van der Waals surface area contributed by atoms with Gasteiger partial charge in [0.25, 0.3) is 0 Å². The second kappa shape index (κ2) is 32.6. The molecule has 74 heavy (non-hydrogen) atoms. The minimum atomic E-state index is -1.74. The van der Waals surface area contributed by atoms with E-state index in [-0.39, 0.29) is 0 Å². The van der Waals surface area contributed by atoms with E-state index in [9.17, 15) is 0 Å². The fourth-order valence-electron chi connectivity index (χ4n) is 15.5. The summed E-state index contributed by atoms with van der Waals surface area (Å²) >= 11 is 0. The van der Waals surface area contributed by atoms with Crippen molar-refractivity contribution in [1.82, 2.24) is 4.44 Å². The molecule has 1 nitrogen and oxygen atoms in total. The first-order valence-corrected chi connectivity index (χ1v) is 45.0. The Hall–Kier alpha value is -1.43. The van der Waals surface area contributed by atoms with E-state index in [4.69, 9.17) is 0 Å². The van der Waals surface area contributed by atoms with Crippen LogP contribution in [0.5, 0.6) is 0 Å². The molecule has 1 saturated carbocycles. The first-order valence-electron chi connectivity index (χ1n) is 31.9. The van der Waals surface area contributed by atoms with Gasteiger partial charge in [0.2, 0.25) is 0 Å². The van der Waals surface area contributed by atoms with Crippen molar-refractivity contribution in [1.29, 1.82) is 0 Å². The Kier molecular flexibility index (Phi) is 27.9. The van der Waals surface area contributed by atoms with Gasteiger partial charge in [-0.25, -0.2) is 4.44 Å². The molecule has 0 bridgehead atoms. The van der Waals surface area contributed by atoms with Crippen LogP contribution < -0.4 is 42.0 Å². The number of benzene rings is 4. The molecule has 0 atom stereocenters. The quantitative estimate of drug-likeness (QED) is 0.0252. The van der Waals surface area contributed by atoms with E-state index in [1.54, 1.807) is 42.0 Å². The Morgan fingerprint density at radius 1 is 0.311 bits per heavy atom. The highest BCUT2D eigenvalue weighted by atomic mass is 31.2. The summed E-state index contributed by atoms with van der Waals surface area (Å²) in [5.41, 5.74) is 0. The highest BCUT2D eigenvalue weighted by molar-refractivity contribution is 7.84. The molecule has 4 aromatic carbocycles. The molecule has 5 rings (SSSR count). The van der Waals surface area contributed by atoms with Gasteiger partial charge in [0.15, 0.2) is 0 Å². The zero-order valence-corrected chi connectivity index (χ0v) is 56.2. The summed E-state index contributed by atoms with van der Waals surface area (Å²) in [4.78, 5) is 0. The van der Waals surface area contributed by atoms with Crippen LogP contribution in [0.1, 0.15) is 199 Å². The molecule has 0 aliphatic heterocycles. The van der Waals surface area contributed by atoms with Crippen LogP contribution in [-0.4, -0.2) is 42.8 Å². The van der Waals surface area contributed by atoms with Gasteiger partial charge >= 0.3 is 0 Å². The predicted molar refractivity (Wildman–Crippen MR) is 354 cm³/mol. The van der Waals surface area contributed by atoms with Crippen LogP contribution >= 0.6 is 16.1 Å². The van der Waals surface area contributed by atoms with Crippen molar-refractivity contribution in [2.75, 3.05) is 0 Å². The topological polar surface area (TPSA) is 3.24 Å². The molecule has 0 saturated heterocycles. The third-order valence-electron chi connectivity index (χ3n) is 18.2. The highest BCUT2D eigenvalue weighted by Crippen LogP contribution is 2.58. The summed E-state index contributed by atoms with van der Waals surface area (Å²) < 4.78 is 3.35. The number of nitrogens with zero attached hydrogens (tertiary/aromatic N) is 1. The maximum Gasteiger partial charge on any atom is 0.0867 e. The van der Waals surface area contributed by atoms with Crippen molar-refractivity contribution in [3.05, 3.63) is 97.1 Å². The van der Waals surface area contributed by atoms with E-state index >= 15 is 0 Å². The van der Waals surface area contributed by atoms with Crippen molar-refractivity contribution >= 4 is 90.4 Å². The minimum Gasteiger partial charge on any atom is -0.242 e. The Bertz CT molecular complexity index is 1940.